The van der Waals surface area contributed by atoms with Crippen LogP contribution in [-0.4, -0.2) is 26.6 Å². The molecule has 3 rings (SSSR count). The average molecular weight is 340 g/mol. The van der Waals surface area contributed by atoms with Crippen molar-refractivity contribution in [3.8, 4) is 0 Å². The smallest absolute Gasteiger partial charge is 0.344 e. The first-order chi connectivity index (χ1) is 10.4. The van der Waals surface area contributed by atoms with Crippen molar-refractivity contribution in [2.75, 3.05) is 6.61 Å². The minimum Gasteiger partial charge on any atom is -0.358 e. The number of fused-ring (bicyclic) bond motifs is 1. The first-order valence-electron chi connectivity index (χ1n) is 7.73. The fourth-order valence-electron chi connectivity index (χ4n) is 2.93. The number of rotatable bonds is 3. The molecule has 1 aromatic rings. The highest BCUT2D eigenvalue weighted by Gasteiger charge is 2.51. The standard InChI is InChI=1S/C16H22ClNO3Si/c1-22(2,3)21-16-13(5-4-10-19-16)11-15(18-20-16)12-6-8-14(17)9-7-12/h6-9,13H,4-5,10-11H2,1-3H3. The molecule has 2 aliphatic rings. The third-order valence-electron chi connectivity index (χ3n) is 3.85. The maximum atomic E-state index is 6.24. The molecule has 0 amide bonds. The average Bonchev–Trinajstić information content (AvgIpc) is 2.45. The van der Waals surface area contributed by atoms with Gasteiger partial charge >= 0.3 is 5.97 Å². The lowest BCUT2D eigenvalue weighted by atomic mass is 9.89. The largest absolute Gasteiger partial charge is 0.358 e. The van der Waals surface area contributed by atoms with Crippen LogP contribution in [0.2, 0.25) is 24.7 Å². The van der Waals surface area contributed by atoms with Gasteiger partial charge in [-0.05, 0) is 50.2 Å². The normalized spacial score (nSPS) is 28.5. The van der Waals surface area contributed by atoms with Crippen molar-refractivity contribution in [3.05, 3.63) is 34.9 Å². The van der Waals surface area contributed by atoms with Crippen molar-refractivity contribution >= 4 is 25.6 Å². The van der Waals surface area contributed by atoms with E-state index in [1.165, 1.54) is 0 Å². The van der Waals surface area contributed by atoms with Gasteiger partial charge in [-0.1, -0.05) is 28.9 Å². The van der Waals surface area contributed by atoms with Crippen LogP contribution in [0.3, 0.4) is 0 Å². The molecule has 0 N–H and O–H groups in total. The Morgan fingerprint density at radius 2 is 2.00 bits per heavy atom. The Balaban J connectivity index is 1.86. The van der Waals surface area contributed by atoms with E-state index in [4.69, 9.17) is 25.6 Å². The fraction of sp³-hybridized carbons (Fsp3) is 0.562. The zero-order chi connectivity index (χ0) is 15.8. The lowest BCUT2D eigenvalue weighted by Gasteiger charge is -2.45. The Kier molecular flexibility index (Phi) is 4.33. The molecule has 2 heterocycles. The second kappa shape index (κ2) is 5.96. The Labute approximate surface area is 137 Å². The summed E-state index contributed by atoms with van der Waals surface area (Å²) < 4.78 is 12.2. The third-order valence-corrected chi connectivity index (χ3v) is 5.00. The molecule has 0 aromatic heterocycles. The predicted molar refractivity (Wildman–Crippen MR) is 89.5 cm³/mol. The van der Waals surface area contributed by atoms with Crippen molar-refractivity contribution in [1.29, 1.82) is 0 Å². The zero-order valence-corrected chi connectivity index (χ0v) is 15.0. The van der Waals surface area contributed by atoms with Crippen molar-refractivity contribution in [1.82, 2.24) is 0 Å². The fourth-order valence-corrected chi connectivity index (χ4v) is 4.17. The van der Waals surface area contributed by atoms with Crippen LogP contribution < -0.4 is 0 Å². The van der Waals surface area contributed by atoms with Gasteiger partial charge in [-0.25, -0.2) is 0 Å². The highest BCUT2D eigenvalue weighted by molar-refractivity contribution is 6.69. The molecular weight excluding hydrogens is 318 g/mol. The number of hydrogen-bond donors (Lipinski definition) is 0. The van der Waals surface area contributed by atoms with Gasteiger partial charge in [0.1, 0.15) is 0 Å². The van der Waals surface area contributed by atoms with E-state index in [0.29, 0.717) is 6.61 Å². The second-order valence-electron chi connectivity index (χ2n) is 6.85. The number of ether oxygens (including phenoxy) is 1. The van der Waals surface area contributed by atoms with Crippen LogP contribution in [0.5, 0.6) is 0 Å². The summed E-state index contributed by atoms with van der Waals surface area (Å²) in [4.78, 5) is 5.79. The molecular formula is C16H22ClNO3Si. The van der Waals surface area contributed by atoms with Crippen LogP contribution in [0.1, 0.15) is 24.8 Å². The molecule has 2 unspecified atom stereocenters. The van der Waals surface area contributed by atoms with Crippen molar-refractivity contribution in [2.24, 2.45) is 11.1 Å². The molecule has 1 saturated heterocycles. The number of nitrogens with zero attached hydrogens (tertiary/aromatic N) is 1. The third kappa shape index (κ3) is 3.38. The van der Waals surface area contributed by atoms with Crippen LogP contribution in [-0.2, 0) is 14.0 Å². The van der Waals surface area contributed by atoms with Crippen LogP contribution >= 0.6 is 11.6 Å². The summed E-state index contributed by atoms with van der Waals surface area (Å²) in [7, 11) is -1.81. The summed E-state index contributed by atoms with van der Waals surface area (Å²) in [5.41, 5.74) is 1.97. The Morgan fingerprint density at radius 3 is 2.68 bits per heavy atom. The van der Waals surface area contributed by atoms with Gasteiger partial charge in [0.25, 0.3) is 0 Å². The van der Waals surface area contributed by atoms with Gasteiger partial charge in [-0.15, -0.1) is 0 Å². The van der Waals surface area contributed by atoms with Crippen molar-refractivity contribution in [3.63, 3.8) is 0 Å². The summed E-state index contributed by atoms with van der Waals surface area (Å²) in [5, 5.41) is 5.04. The zero-order valence-electron chi connectivity index (χ0n) is 13.3. The van der Waals surface area contributed by atoms with E-state index >= 15 is 0 Å². The van der Waals surface area contributed by atoms with E-state index in [9.17, 15) is 0 Å². The second-order valence-corrected chi connectivity index (χ2v) is 11.7. The van der Waals surface area contributed by atoms with Gasteiger partial charge in [0.05, 0.1) is 18.2 Å². The lowest BCUT2D eigenvalue weighted by Crippen LogP contribution is -2.55. The maximum Gasteiger partial charge on any atom is 0.344 e. The lowest BCUT2D eigenvalue weighted by molar-refractivity contribution is -0.392. The van der Waals surface area contributed by atoms with Gasteiger partial charge in [-0.2, -0.15) is 0 Å². The van der Waals surface area contributed by atoms with Crippen LogP contribution in [0.25, 0.3) is 0 Å². The van der Waals surface area contributed by atoms with E-state index in [1.54, 1.807) is 0 Å². The summed E-state index contributed by atoms with van der Waals surface area (Å²) in [6.45, 7) is 7.07. The molecule has 0 saturated carbocycles. The quantitative estimate of drug-likeness (QED) is 0.766. The molecule has 6 heteroatoms. The molecule has 0 radical (unpaired) electrons. The Bertz CT molecular complexity index is 570. The molecule has 0 aliphatic carbocycles. The van der Waals surface area contributed by atoms with Gasteiger partial charge in [0.2, 0.25) is 0 Å². The minimum atomic E-state index is -1.81. The van der Waals surface area contributed by atoms with Gasteiger partial charge in [-0.3, -0.25) is 0 Å². The summed E-state index contributed by atoms with van der Waals surface area (Å²) in [6.07, 6.45) is 2.85. The van der Waals surface area contributed by atoms with Crippen molar-refractivity contribution in [2.45, 2.75) is 44.9 Å². The summed E-state index contributed by atoms with van der Waals surface area (Å²) in [5.74, 6) is -0.810. The SMILES string of the molecule is C[Si](C)(C)OC12OCCCC1CC(c1ccc(Cl)cc1)=NO2. The van der Waals surface area contributed by atoms with E-state index in [-0.39, 0.29) is 5.92 Å². The van der Waals surface area contributed by atoms with E-state index in [0.717, 1.165) is 35.6 Å². The van der Waals surface area contributed by atoms with Gasteiger partial charge < -0.3 is 14.0 Å². The number of hydrogen-bond acceptors (Lipinski definition) is 4. The Hall–Kier alpha value is -0.883. The molecule has 0 bridgehead atoms. The molecule has 2 aliphatic heterocycles. The van der Waals surface area contributed by atoms with Crippen molar-refractivity contribution < 1.29 is 14.0 Å². The first-order valence-corrected chi connectivity index (χ1v) is 11.5. The number of oxime groups is 1. The highest BCUT2D eigenvalue weighted by Crippen LogP contribution is 2.41. The monoisotopic (exact) mass is 339 g/mol. The molecule has 0 spiro atoms. The first kappa shape index (κ1) is 16.0. The minimum absolute atomic E-state index is 0.177. The number of benzene rings is 1. The predicted octanol–water partition coefficient (Wildman–Crippen LogP) is 4.40. The molecule has 4 nitrogen and oxygen atoms in total. The van der Waals surface area contributed by atoms with Crippen LogP contribution in [0, 0.1) is 5.92 Å². The molecule has 2 atom stereocenters. The maximum absolute atomic E-state index is 6.24. The van der Waals surface area contributed by atoms with E-state index in [1.807, 2.05) is 24.3 Å². The van der Waals surface area contributed by atoms with Gasteiger partial charge in [0, 0.05) is 11.4 Å². The summed E-state index contributed by atoms with van der Waals surface area (Å²) >= 11 is 5.95. The molecule has 1 fully saturated rings. The Morgan fingerprint density at radius 1 is 1.27 bits per heavy atom. The molecule has 120 valence electrons. The highest BCUT2D eigenvalue weighted by atomic mass is 35.5. The molecule has 1 aromatic carbocycles. The topological polar surface area (TPSA) is 40.0 Å². The van der Waals surface area contributed by atoms with Crippen LogP contribution in [0.15, 0.2) is 29.4 Å². The van der Waals surface area contributed by atoms with Crippen LogP contribution in [0.4, 0.5) is 0 Å². The van der Waals surface area contributed by atoms with E-state index < -0.39 is 14.3 Å². The summed E-state index contributed by atoms with van der Waals surface area (Å²) in [6, 6.07) is 7.69. The molecule has 22 heavy (non-hydrogen) atoms. The van der Waals surface area contributed by atoms with E-state index in [2.05, 4.69) is 24.8 Å². The van der Waals surface area contributed by atoms with Gasteiger partial charge in [0.15, 0.2) is 8.32 Å². The number of halogens is 1.